The number of hydrogen-bond donors (Lipinski definition) is 2. The predicted octanol–water partition coefficient (Wildman–Crippen LogP) is 3.51. The van der Waals surface area contributed by atoms with Gasteiger partial charge < -0.3 is 15.6 Å². The number of nitrogens with zero attached hydrogens (tertiary/aromatic N) is 2. The minimum Gasteiger partial charge on any atom is -0.397 e. The first kappa shape index (κ1) is 14.0. The molecule has 1 heterocycles. The highest BCUT2D eigenvalue weighted by molar-refractivity contribution is 5.67. The first-order valence-corrected chi connectivity index (χ1v) is 7.89. The second-order valence-electron chi connectivity index (χ2n) is 6.04. The van der Waals surface area contributed by atoms with Crippen LogP contribution in [-0.2, 0) is 6.54 Å². The average molecular weight is 284 g/mol. The van der Waals surface area contributed by atoms with Crippen molar-refractivity contribution in [1.82, 2.24) is 9.55 Å². The molecule has 3 N–H and O–H groups in total. The first-order chi connectivity index (χ1) is 10.3. The van der Waals surface area contributed by atoms with Crippen molar-refractivity contribution in [1.29, 1.82) is 0 Å². The molecule has 0 bridgehead atoms. The quantitative estimate of drug-likeness (QED) is 0.826. The second-order valence-corrected chi connectivity index (χ2v) is 6.04. The third-order valence-corrected chi connectivity index (χ3v) is 4.35. The molecular formula is C17H24N4. The molecule has 1 fully saturated rings. The summed E-state index contributed by atoms with van der Waals surface area (Å²) in [5.74, 6) is 0.801. The molecule has 0 radical (unpaired) electrons. The molecule has 0 spiro atoms. The number of aromatic nitrogens is 2. The minimum atomic E-state index is 0.801. The van der Waals surface area contributed by atoms with E-state index < -0.39 is 0 Å². The molecule has 1 aliphatic rings. The molecule has 0 aliphatic heterocycles. The average Bonchev–Trinajstić information content (AvgIpc) is 3.02. The SMILES string of the molecule is Nc1ccc(Cn2ccnc2)cc1NCC1CCCCC1. The Labute approximate surface area is 126 Å². The fourth-order valence-electron chi connectivity index (χ4n) is 3.09. The van der Waals surface area contributed by atoms with E-state index >= 15 is 0 Å². The van der Waals surface area contributed by atoms with Gasteiger partial charge in [0.25, 0.3) is 0 Å². The van der Waals surface area contributed by atoms with Gasteiger partial charge in [0.05, 0.1) is 17.7 Å². The topological polar surface area (TPSA) is 55.9 Å². The van der Waals surface area contributed by atoms with E-state index in [1.807, 2.05) is 18.6 Å². The van der Waals surface area contributed by atoms with Crippen molar-refractivity contribution in [3.8, 4) is 0 Å². The van der Waals surface area contributed by atoms with Gasteiger partial charge in [0.2, 0.25) is 0 Å². The van der Waals surface area contributed by atoms with Crippen LogP contribution in [0.2, 0.25) is 0 Å². The highest BCUT2D eigenvalue weighted by atomic mass is 15.0. The maximum Gasteiger partial charge on any atom is 0.0949 e. The molecule has 21 heavy (non-hydrogen) atoms. The Morgan fingerprint density at radius 1 is 1.24 bits per heavy atom. The molecule has 1 aliphatic carbocycles. The maximum absolute atomic E-state index is 6.10. The highest BCUT2D eigenvalue weighted by Crippen LogP contribution is 2.26. The number of anilines is 2. The van der Waals surface area contributed by atoms with Crippen LogP contribution >= 0.6 is 0 Å². The van der Waals surface area contributed by atoms with E-state index in [0.717, 1.165) is 30.4 Å². The lowest BCUT2D eigenvalue weighted by Crippen LogP contribution is -2.17. The molecule has 0 saturated heterocycles. The van der Waals surface area contributed by atoms with Gasteiger partial charge in [0, 0.05) is 25.5 Å². The van der Waals surface area contributed by atoms with E-state index in [9.17, 15) is 0 Å². The summed E-state index contributed by atoms with van der Waals surface area (Å²) in [4.78, 5) is 4.08. The van der Waals surface area contributed by atoms with Crippen LogP contribution < -0.4 is 11.1 Å². The van der Waals surface area contributed by atoms with Gasteiger partial charge in [-0.25, -0.2) is 4.98 Å². The van der Waals surface area contributed by atoms with Crippen LogP contribution in [-0.4, -0.2) is 16.1 Å². The summed E-state index contributed by atoms with van der Waals surface area (Å²) in [5, 5.41) is 3.55. The molecule has 0 unspecified atom stereocenters. The molecule has 112 valence electrons. The number of nitrogen functional groups attached to an aromatic ring is 1. The molecule has 1 aromatic carbocycles. The van der Waals surface area contributed by atoms with Crippen LogP contribution in [0.5, 0.6) is 0 Å². The zero-order chi connectivity index (χ0) is 14.5. The number of rotatable bonds is 5. The summed E-state index contributed by atoms with van der Waals surface area (Å²) in [6.45, 7) is 1.87. The van der Waals surface area contributed by atoms with Gasteiger partial charge in [-0.3, -0.25) is 0 Å². The summed E-state index contributed by atoms with van der Waals surface area (Å²) in [6.07, 6.45) is 12.5. The van der Waals surface area contributed by atoms with Crippen LogP contribution in [0, 0.1) is 5.92 Å². The van der Waals surface area contributed by atoms with Crippen LogP contribution in [0.25, 0.3) is 0 Å². The van der Waals surface area contributed by atoms with Gasteiger partial charge in [0.1, 0.15) is 0 Å². The Kier molecular flexibility index (Phi) is 4.43. The maximum atomic E-state index is 6.10. The smallest absolute Gasteiger partial charge is 0.0949 e. The van der Waals surface area contributed by atoms with Crippen molar-refractivity contribution in [2.24, 2.45) is 5.92 Å². The molecule has 0 atom stereocenters. The van der Waals surface area contributed by atoms with Gasteiger partial charge in [-0.15, -0.1) is 0 Å². The molecule has 3 rings (SSSR count). The van der Waals surface area contributed by atoms with Gasteiger partial charge >= 0.3 is 0 Å². The number of nitrogens with two attached hydrogens (primary N) is 1. The Bertz CT molecular complexity index is 556. The lowest BCUT2D eigenvalue weighted by molar-refractivity contribution is 0.373. The van der Waals surface area contributed by atoms with E-state index in [1.54, 1.807) is 6.20 Å². The molecule has 4 heteroatoms. The Hall–Kier alpha value is -1.97. The molecule has 2 aromatic rings. The van der Waals surface area contributed by atoms with Crippen LogP contribution in [0.4, 0.5) is 11.4 Å². The largest absolute Gasteiger partial charge is 0.397 e. The number of benzene rings is 1. The Morgan fingerprint density at radius 3 is 2.86 bits per heavy atom. The van der Waals surface area contributed by atoms with Crippen LogP contribution in [0.1, 0.15) is 37.7 Å². The third kappa shape index (κ3) is 3.78. The van der Waals surface area contributed by atoms with Gasteiger partial charge in [-0.1, -0.05) is 25.3 Å². The second kappa shape index (κ2) is 6.66. The van der Waals surface area contributed by atoms with Crippen molar-refractivity contribution in [2.75, 3.05) is 17.6 Å². The van der Waals surface area contributed by atoms with Crippen LogP contribution in [0.15, 0.2) is 36.9 Å². The summed E-state index contributed by atoms with van der Waals surface area (Å²) >= 11 is 0. The lowest BCUT2D eigenvalue weighted by Gasteiger charge is -2.23. The number of nitrogens with one attached hydrogen (secondary N) is 1. The number of hydrogen-bond acceptors (Lipinski definition) is 3. The lowest BCUT2D eigenvalue weighted by atomic mass is 9.89. The van der Waals surface area contributed by atoms with E-state index in [1.165, 1.54) is 37.7 Å². The normalized spacial score (nSPS) is 16.0. The monoisotopic (exact) mass is 284 g/mol. The van der Waals surface area contributed by atoms with Gasteiger partial charge in [0.15, 0.2) is 0 Å². The summed E-state index contributed by atoms with van der Waals surface area (Å²) in [7, 11) is 0. The van der Waals surface area contributed by atoms with Crippen molar-refractivity contribution >= 4 is 11.4 Å². The van der Waals surface area contributed by atoms with E-state index in [-0.39, 0.29) is 0 Å². The van der Waals surface area contributed by atoms with Crippen molar-refractivity contribution < 1.29 is 0 Å². The molecule has 1 aromatic heterocycles. The molecule has 0 amide bonds. The minimum absolute atomic E-state index is 0.801. The van der Waals surface area contributed by atoms with E-state index in [0.29, 0.717) is 0 Å². The Balaban J connectivity index is 1.63. The zero-order valence-corrected chi connectivity index (χ0v) is 12.5. The number of imidazole rings is 1. The van der Waals surface area contributed by atoms with Gasteiger partial charge in [-0.05, 0) is 36.5 Å². The summed E-state index contributed by atoms with van der Waals surface area (Å²) in [5.41, 5.74) is 9.24. The van der Waals surface area contributed by atoms with Crippen molar-refractivity contribution in [3.63, 3.8) is 0 Å². The molecule has 4 nitrogen and oxygen atoms in total. The molecule has 1 saturated carbocycles. The first-order valence-electron chi connectivity index (χ1n) is 7.89. The third-order valence-electron chi connectivity index (χ3n) is 4.35. The van der Waals surface area contributed by atoms with Crippen LogP contribution in [0.3, 0.4) is 0 Å². The van der Waals surface area contributed by atoms with Gasteiger partial charge in [-0.2, -0.15) is 0 Å². The standard InChI is InChI=1S/C17H24N4/c18-16-7-6-15(12-21-9-8-19-13-21)10-17(16)20-11-14-4-2-1-3-5-14/h6-10,13-14,20H,1-5,11-12,18H2. The fourth-order valence-corrected chi connectivity index (χ4v) is 3.09. The van der Waals surface area contributed by atoms with Crippen molar-refractivity contribution in [2.45, 2.75) is 38.6 Å². The van der Waals surface area contributed by atoms with E-state index in [4.69, 9.17) is 5.73 Å². The fraction of sp³-hybridized carbons (Fsp3) is 0.471. The predicted molar refractivity (Wildman–Crippen MR) is 87.2 cm³/mol. The Morgan fingerprint density at radius 2 is 2.10 bits per heavy atom. The summed E-state index contributed by atoms with van der Waals surface area (Å²) in [6, 6.07) is 6.24. The van der Waals surface area contributed by atoms with Crippen molar-refractivity contribution in [3.05, 3.63) is 42.5 Å². The van der Waals surface area contributed by atoms with E-state index in [2.05, 4.69) is 27.0 Å². The molecular weight excluding hydrogens is 260 g/mol. The zero-order valence-electron chi connectivity index (χ0n) is 12.5. The highest BCUT2D eigenvalue weighted by Gasteiger charge is 2.13. The summed E-state index contributed by atoms with van der Waals surface area (Å²) < 4.78 is 2.07.